The highest BCUT2D eigenvalue weighted by atomic mass is 79.9. The maximum absolute atomic E-state index is 13.2. The molecule has 2 aliphatic rings. The van der Waals surface area contributed by atoms with Crippen LogP contribution < -0.4 is 11.5 Å². The number of nitrogens with two attached hydrogens (primary N) is 2. The third kappa shape index (κ3) is 7.57. The fourth-order valence-electron chi connectivity index (χ4n) is 5.42. The Labute approximate surface area is 292 Å². The molecule has 0 atom stereocenters. The molecule has 0 amide bonds. The van der Waals surface area contributed by atoms with Crippen molar-refractivity contribution in [3.05, 3.63) is 84.0 Å². The fourth-order valence-corrected chi connectivity index (χ4v) is 8.90. The minimum Gasteiger partial charge on any atom is -0.383 e. The summed E-state index contributed by atoms with van der Waals surface area (Å²) in [6.07, 6.45) is 8.33. The summed E-state index contributed by atoms with van der Waals surface area (Å²) in [5.74, 6) is -0.000126. The van der Waals surface area contributed by atoms with E-state index >= 15 is 0 Å². The standard InChI is InChI=1S/C23H21N5O3S.C9H12BrN3O3S/c24-23-22(32(29,30)28-9-11-31-12-10-28)14-18(15-27-23)17-1-2-21-20(13-17)19(5-8-26-21)16-3-6-25-7-4-16;10-7-5-8(9(11)12-6-7)17(14,15)13-1-3-16-4-2-13/h1-8,13-15H,9-12H2,(H2,24,27);5-6H,1-4H2,(H2,11,12). The van der Waals surface area contributed by atoms with Crippen LogP contribution in [0.4, 0.5) is 11.6 Å². The quantitative estimate of drug-likeness (QED) is 0.256. The number of nitrogen functional groups attached to an aromatic ring is 2. The third-order valence-corrected chi connectivity index (χ3v) is 12.3. The van der Waals surface area contributed by atoms with Crippen molar-refractivity contribution in [3.8, 4) is 22.3 Å². The van der Waals surface area contributed by atoms with Crippen LogP contribution >= 0.6 is 15.9 Å². The topological polar surface area (TPSA) is 197 Å². The van der Waals surface area contributed by atoms with Crippen molar-refractivity contribution in [2.75, 3.05) is 64.1 Å². The van der Waals surface area contributed by atoms with Crippen LogP contribution in [0.3, 0.4) is 0 Å². The predicted octanol–water partition coefficient (Wildman–Crippen LogP) is 3.41. The molecule has 0 aliphatic carbocycles. The number of nitrogens with zero attached hydrogens (tertiary/aromatic N) is 6. The number of pyridine rings is 4. The van der Waals surface area contributed by atoms with Gasteiger partial charge in [-0.15, -0.1) is 0 Å². The highest BCUT2D eigenvalue weighted by Gasteiger charge is 2.30. The van der Waals surface area contributed by atoms with Gasteiger partial charge in [0.2, 0.25) is 20.0 Å². The molecule has 4 N–H and O–H groups in total. The van der Waals surface area contributed by atoms with Crippen molar-refractivity contribution >= 4 is 58.5 Å². The number of hydrogen-bond donors (Lipinski definition) is 2. The third-order valence-electron chi connectivity index (χ3n) is 7.97. The molecule has 2 fully saturated rings. The maximum Gasteiger partial charge on any atom is 0.246 e. The summed E-state index contributed by atoms with van der Waals surface area (Å²) in [5.41, 5.74) is 16.0. The zero-order chi connectivity index (χ0) is 34.6. The van der Waals surface area contributed by atoms with Gasteiger partial charge in [-0.3, -0.25) is 9.97 Å². The lowest BCUT2D eigenvalue weighted by atomic mass is 9.98. The average Bonchev–Trinajstić information content (AvgIpc) is 3.13. The largest absolute Gasteiger partial charge is 0.383 e. The Morgan fingerprint density at radius 2 is 1.20 bits per heavy atom. The number of fused-ring (bicyclic) bond motifs is 1. The van der Waals surface area contributed by atoms with Crippen molar-refractivity contribution in [1.29, 1.82) is 0 Å². The summed E-state index contributed by atoms with van der Waals surface area (Å²) in [6.45, 7) is 2.80. The minimum atomic E-state index is -3.77. The lowest BCUT2D eigenvalue weighted by Crippen LogP contribution is -2.40. The Hall–Kier alpha value is -4.10. The molecule has 2 saturated heterocycles. The Balaban J connectivity index is 0.000000207. The second-order valence-electron chi connectivity index (χ2n) is 11.0. The highest BCUT2D eigenvalue weighted by Crippen LogP contribution is 2.33. The van der Waals surface area contributed by atoms with E-state index in [0.717, 1.165) is 27.6 Å². The van der Waals surface area contributed by atoms with Gasteiger partial charge in [-0.05, 0) is 75.1 Å². The van der Waals surface area contributed by atoms with E-state index in [1.165, 1.54) is 20.9 Å². The van der Waals surface area contributed by atoms with Crippen LogP contribution in [0.2, 0.25) is 0 Å². The van der Waals surface area contributed by atoms with Crippen LogP contribution in [0.1, 0.15) is 0 Å². The van der Waals surface area contributed by atoms with E-state index in [2.05, 4.69) is 35.9 Å². The van der Waals surface area contributed by atoms with Gasteiger partial charge in [0.15, 0.2) is 0 Å². The molecule has 6 heterocycles. The van der Waals surface area contributed by atoms with Crippen LogP contribution in [0.25, 0.3) is 33.2 Å². The number of benzene rings is 1. The molecular weight excluding hydrogens is 736 g/mol. The second-order valence-corrected chi connectivity index (χ2v) is 15.7. The molecule has 49 heavy (non-hydrogen) atoms. The van der Waals surface area contributed by atoms with Gasteiger partial charge in [0.1, 0.15) is 21.4 Å². The molecule has 256 valence electrons. The molecule has 17 heteroatoms. The Kier molecular flexibility index (Phi) is 10.5. The number of aromatic nitrogens is 4. The molecule has 5 aromatic rings. The fraction of sp³-hybridized carbons (Fsp3) is 0.250. The number of sulfonamides is 2. The van der Waals surface area contributed by atoms with Crippen molar-refractivity contribution in [2.24, 2.45) is 0 Å². The molecule has 0 radical (unpaired) electrons. The van der Waals surface area contributed by atoms with E-state index in [0.29, 0.717) is 62.6 Å². The zero-order valence-electron chi connectivity index (χ0n) is 26.1. The van der Waals surface area contributed by atoms with Gasteiger partial charge < -0.3 is 20.9 Å². The van der Waals surface area contributed by atoms with E-state index in [1.54, 1.807) is 30.9 Å². The van der Waals surface area contributed by atoms with Gasteiger partial charge in [-0.25, -0.2) is 26.8 Å². The van der Waals surface area contributed by atoms with E-state index in [4.69, 9.17) is 20.9 Å². The molecule has 1 aromatic carbocycles. The zero-order valence-corrected chi connectivity index (χ0v) is 29.4. The van der Waals surface area contributed by atoms with Gasteiger partial charge in [-0.1, -0.05) is 6.07 Å². The van der Waals surface area contributed by atoms with Crippen LogP contribution in [0.15, 0.2) is 93.8 Å². The van der Waals surface area contributed by atoms with Gasteiger partial charge in [0.25, 0.3) is 0 Å². The second kappa shape index (κ2) is 14.8. The first-order chi connectivity index (χ1) is 23.6. The van der Waals surface area contributed by atoms with Gasteiger partial charge >= 0.3 is 0 Å². The summed E-state index contributed by atoms with van der Waals surface area (Å²) in [6, 6.07) is 14.7. The summed E-state index contributed by atoms with van der Waals surface area (Å²) < 4.78 is 64.7. The van der Waals surface area contributed by atoms with Crippen LogP contribution in [0.5, 0.6) is 0 Å². The molecule has 2 aliphatic heterocycles. The number of morpholine rings is 2. The van der Waals surface area contributed by atoms with Crippen molar-refractivity contribution in [3.63, 3.8) is 0 Å². The Morgan fingerprint density at radius 3 is 1.82 bits per heavy atom. The summed E-state index contributed by atoms with van der Waals surface area (Å²) >= 11 is 3.19. The SMILES string of the molecule is Nc1ncc(-c2ccc3nccc(-c4ccncc4)c3c2)cc1S(=O)(=O)N1CCOCC1.Nc1ncc(Br)cc1S(=O)(=O)N1CCOCC1. The van der Waals surface area contributed by atoms with Crippen LogP contribution in [-0.4, -0.2) is 98.0 Å². The molecule has 0 unspecified atom stereocenters. The van der Waals surface area contributed by atoms with Gasteiger partial charge in [0, 0.05) is 72.6 Å². The lowest BCUT2D eigenvalue weighted by Gasteiger charge is -2.26. The van der Waals surface area contributed by atoms with Gasteiger partial charge in [0.05, 0.1) is 31.9 Å². The molecule has 0 spiro atoms. The molecule has 0 bridgehead atoms. The number of halogens is 1. The van der Waals surface area contributed by atoms with E-state index in [1.807, 2.05) is 36.4 Å². The van der Waals surface area contributed by atoms with Gasteiger partial charge in [-0.2, -0.15) is 8.61 Å². The Bertz CT molecular complexity index is 2180. The average molecular weight is 770 g/mol. The number of ether oxygens (including phenoxy) is 2. The normalized spacial score (nSPS) is 16.2. The number of rotatable bonds is 6. The first-order valence-electron chi connectivity index (χ1n) is 15.2. The first-order valence-corrected chi connectivity index (χ1v) is 18.8. The monoisotopic (exact) mass is 768 g/mol. The predicted molar refractivity (Wildman–Crippen MR) is 188 cm³/mol. The Morgan fingerprint density at radius 1 is 0.633 bits per heavy atom. The van der Waals surface area contributed by atoms with E-state index in [9.17, 15) is 16.8 Å². The maximum atomic E-state index is 13.2. The first kappa shape index (κ1) is 34.8. The number of hydrogen-bond acceptors (Lipinski definition) is 12. The molecular formula is C32H33BrN8O6S2. The summed E-state index contributed by atoms with van der Waals surface area (Å²) in [4.78, 5) is 16.6. The summed E-state index contributed by atoms with van der Waals surface area (Å²) in [7, 11) is -7.35. The smallest absolute Gasteiger partial charge is 0.246 e. The summed E-state index contributed by atoms with van der Waals surface area (Å²) in [5, 5.41) is 0.950. The van der Waals surface area contributed by atoms with Crippen molar-refractivity contribution in [2.45, 2.75) is 9.79 Å². The minimum absolute atomic E-state index is 0.0116. The van der Waals surface area contributed by atoms with Crippen molar-refractivity contribution in [1.82, 2.24) is 28.5 Å². The highest BCUT2D eigenvalue weighted by molar-refractivity contribution is 9.10. The number of anilines is 2. The lowest BCUT2D eigenvalue weighted by molar-refractivity contribution is 0.0730. The molecule has 7 rings (SSSR count). The molecule has 14 nitrogen and oxygen atoms in total. The molecule has 0 saturated carbocycles. The van der Waals surface area contributed by atoms with Crippen LogP contribution in [-0.2, 0) is 29.5 Å². The van der Waals surface area contributed by atoms with Crippen LogP contribution in [0, 0.1) is 0 Å². The van der Waals surface area contributed by atoms with E-state index in [-0.39, 0.29) is 21.4 Å². The van der Waals surface area contributed by atoms with E-state index < -0.39 is 20.0 Å². The van der Waals surface area contributed by atoms with Crippen molar-refractivity contribution < 1.29 is 26.3 Å². The molecule has 4 aromatic heterocycles.